The zero-order valence-corrected chi connectivity index (χ0v) is 16.4. The van der Waals surface area contributed by atoms with Crippen LogP contribution >= 0.6 is 9.90 Å². The van der Waals surface area contributed by atoms with E-state index in [4.69, 9.17) is 0 Å². The van der Waals surface area contributed by atoms with Gasteiger partial charge in [-0.15, -0.1) is 0 Å². The Balaban J connectivity index is 0. The van der Waals surface area contributed by atoms with Crippen LogP contribution in [0.4, 0.5) is 0 Å². The van der Waals surface area contributed by atoms with Gasteiger partial charge in [0.05, 0.1) is 0 Å². The maximum atomic E-state index is 0. The van der Waals surface area contributed by atoms with E-state index >= 15 is 0 Å². The summed E-state index contributed by atoms with van der Waals surface area (Å²) >= 11 is 0. The Kier molecular flexibility index (Phi) is 114. The molecule has 0 N–H and O–H groups in total. The third-order valence-corrected chi connectivity index (χ3v) is 0. The van der Waals surface area contributed by atoms with Crippen molar-refractivity contribution in [2.24, 2.45) is 0 Å². The van der Waals surface area contributed by atoms with Gasteiger partial charge in [0.1, 0.15) is 0 Å². The minimum atomic E-state index is 0. The van der Waals surface area contributed by atoms with Gasteiger partial charge in [-0.25, -0.2) is 0 Å². The zero-order valence-electron chi connectivity index (χ0n) is 2.62. The van der Waals surface area contributed by atoms with Gasteiger partial charge in [-0.05, 0) is 0 Å². The van der Waals surface area contributed by atoms with Crippen LogP contribution in [0.1, 0.15) is 0 Å². The number of hydrogen-bond donors (Lipinski definition) is 0. The first-order valence-corrected chi connectivity index (χ1v) is 0. The molecule has 0 nitrogen and oxygen atoms in total. The predicted molar refractivity (Wildman–Crippen MR) is 19.6 cm³/mol. The van der Waals surface area contributed by atoms with Crippen LogP contribution < -0.4 is 0 Å². The van der Waals surface area contributed by atoms with Gasteiger partial charge in [-0.1, -0.05) is 0 Å². The fourth-order valence-corrected chi connectivity index (χ4v) is 0. The van der Waals surface area contributed by atoms with Crippen LogP contribution in [0.25, 0.3) is 0 Å². The fourth-order valence-electron chi connectivity index (χ4n) is 0. The van der Waals surface area contributed by atoms with Gasteiger partial charge in [0.2, 0.25) is 0 Å². The SMILES string of the molecule is P.[Cd].[Hg].[TeH2]. The van der Waals surface area contributed by atoms with E-state index in [0.717, 1.165) is 0 Å². The van der Waals surface area contributed by atoms with Crippen molar-refractivity contribution in [3.63, 3.8) is 0 Å². The van der Waals surface area contributed by atoms with Crippen LogP contribution in [-0.4, -0.2) is 23.7 Å². The third-order valence-electron chi connectivity index (χ3n) is 0. The molecule has 4 heavy (non-hydrogen) atoms. The molecule has 0 saturated heterocycles. The van der Waals surface area contributed by atoms with E-state index in [0.29, 0.717) is 0 Å². The second-order valence-electron chi connectivity index (χ2n) is 0. The summed E-state index contributed by atoms with van der Waals surface area (Å²) < 4.78 is 0. The fraction of sp³-hybridized carbons (Fsp3) is 0. The molecule has 0 saturated carbocycles. The van der Waals surface area contributed by atoms with Gasteiger partial charge in [0, 0.05) is 55.0 Å². The molecular weight excluding hydrogens is 472 g/mol. The van der Waals surface area contributed by atoms with Crippen molar-refractivity contribution in [2.75, 3.05) is 0 Å². The Labute approximate surface area is 86.9 Å². The molecule has 1 atom stereocenters. The molecular formula is H5CdHgPTe. The molecule has 0 amide bonds. The Morgan fingerprint density at radius 3 is 1.00 bits per heavy atom. The van der Waals surface area contributed by atoms with Crippen molar-refractivity contribution in [1.29, 1.82) is 0 Å². The van der Waals surface area contributed by atoms with E-state index in [9.17, 15) is 0 Å². The van der Waals surface area contributed by atoms with Gasteiger partial charge in [0.25, 0.3) is 0 Å². The molecule has 20 valence electrons. The first kappa shape index (κ1) is 27.6. The molecule has 0 bridgehead atoms. The van der Waals surface area contributed by atoms with Crippen molar-refractivity contribution in [3.05, 3.63) is 0 Å². The van der Waals surface area contributed by atoms with E-state index in [1.807, 2.05) is 0 Å². The van der Waals surface area contributed by atoms with Gasteiger partial charge in [-0.2, -0.15) is 9.90 Å². The molecule has 0 aromatic rings. The average Bonchev–Trinajstić information content (AvgIpc) is 0. The van der Waals surface area contributed by atoms with Crippen LogP contribution in [0.5, 0.6) is 0 Å². The summed E-state index contributed by atoms with van der Waals surface area (Å²) in [5.74, 6) is 0. The molecule has 0 spiro atoms. The molecule has 0 aliphatic carbocycles. The van der Waals surface area contributed by atoms with Gasteiger partial charge < -0.3 is 0 Å². The molecule has 0 heterocycles. The first-order chi connectivity index (χ1) is 0. The van der Waals surface area contributed by atoms with Crippen LogP contribution in [0.2, 0.25) is 0 Å². The predicted octanol–water partition coefficient (Wildman–Crippen LogP) is -0.863. The summed E-state index contributed by atoms with van der Waals surface area (Å²) in [6.45, 7) is 0. The van der Waals surface area contributed by atoms with Crippen LogP contribution in [0.15, 0.2) is 0 Å². The second-order valence-corrected chi connectivity index (χ2v) is 0. The molecule has 0 aliphatic rings. The molecule has 1 unspecified atom stereocenters. The topological polar surface area (TPSA) is 0 Å². The normalized spacial score (nSPS) is 0. The number of hydrogen-bond acceptors (Lipinski definition) is 0. The summed E-state index contributed by atoms with van der Waals surface area (Å²) in [5.41, 5.74) is 0. The first-order valence-electron chi connectivity index (χ1n) is 0. The van der Waals surface area contributed by atoms with Crippen LogP contribution in [0, 0.1) is 0 Å². The van der Waals surface area contributed by atoms with Crippen molar-refractivity contribution in [1.82, 2.24) is 0 Å². The van der Waals surface area contributed by atoms with E-state index < -0.39 is 0 Å². The molecule has 0 aromatic heterocycles. The molecule has 0 radical (unpaired) electrons. The molecule has 0 aliphatic heterocycles. The molecule has 0 fully saturated rings. The van der Waals surface area contributed by atoms with Crippen molar-refractivity contribution >= 4 is 33.6 Å². The van der Waals surface area contributed by atoms with E-state index in [1.165, 1.54) is 0 Å². The van der Waals surface area contributed by atoms with E-state index in [2.05, 4.69) is 0 Å². The summed E-state index contributed by atoms with van der Waals surface area (Å²) in [7, 11) is 0. The average molecular weight is 477 g/mol. The molecule has 0 aromatic carbocycles. The standard InChI is InChI=1S/Cd.Hg.H3P.H2Te/h;;1H3;1H2. The number of rotatable bonds is 0. The Hall–Kier alpha value is 3.08. The molecule has 0 rings (SSSR count). The zero-order chi connectivity index (χ0) is 0. The van der Waals surface area contributed by atoms with Gasteiger partial charge >= 0.3 is 23.7 Å². The summed E-state index contributed by atoms with van der Waals surface area (Å²) in [4.78, 5) is 0. The maximum absolute atomic E-state index is 0. The summed E-state index contributed by atoms with van der Waals surface area (Å²) in [6, 6.07) is 0. The van der Waals surface area contributed by atoms with Crippen molar-refractivity contribution in [3.8, 4) is 0 Å². The Morgan fingerprint density at radius 1 is 1.00 bits per heavy atom. The van der Waals surface area contributed by atoms with Gasteiger partial charge in [0.15, 0.2) is 0 Å². The summed E-state index contributed by atoms with van der Waals surface area (Å²) in [6.07, 6.45) is 0. The monoisotopic (exact) mass is 482 g/mol. The van der Waals surface area contributed by atoms with Crippen LogP contribution in [-0.2, 0) is 55.0 Å². The summed E-state index contributed by atoms with van der Waals surface area (Å²) in [5, 5.41) is 0. The van der Waals surface area contributed by atoms with Crippen molar-refractivity contribution < 1.29 is 55.0 Å². The van der Waals surface area contributed by atoms with E-state index in [-0.39, 0.29) is 88.5 Å². The quantitative estimate of drug-likeness (QED) is 0.315. The Bertz CT molecular complexity index is 8.00. The van der Waals surface area contributed by atoms with E-state index in [1.54, 1.807) is 0 Å². The molecule has 4 heteroatoms. The Morgan fingerprint density at radius 2 is 1.00 bits per heavy atom. The van der Waals surface area contributed by atoms with Gasteiger partial charge in [-0.3, -0.25) is 0 Å². The van der Waals surface area contributed by atoms with Crippen molar-refractivity contribution in [2.45, 2.75) is 0 Å². The third kappa shape index (κ3) is 8.91. The van der Waals surface area contributed by atoms with Crippen LogP contribution in [0.3, 0.4) is 0 Å². The second kappa shape index (κ2) is 16.5. The minimum absolute atomic E-state index is 0.